The monoisotopic (exact) mass is 494 g/mol. The van der Waals surface area contributed by atoms with Crippen LogP contribution in [0.5, 0.6) is 0 Å². The van der Waals surface area contributed by atoms with Crippen LogP contribution in [0.2, 0.25) is 0 Å². The molecule has 0 aliphatic heterocycles. The molecular formula is C31H58O4. The lowest BCUT2D eigenvalue weighted by Gasteiger charge is -2.26. The summed E-state index contributed by atoms with van der Waals surface area (Å²) in [5.41, 5.74) is 0. The van der Waals surface area contributed by atoms with Gasteiger partial charge in [0.15, 0.2) is 0 Å². The van der Waals surface area contributed by atoms with E-state index in [1.165, 1.54) is 64.2 Å². The Hall–Kier alpha value is -1.06. The number of hydrogen-bond acceptors (Lipinski definition) is 4. The molecule has 0 amide bonds. The summed E-state index contributed by atoms with van der Waals surface area (Å²) in [6.07, 6.45) is 21.6. The van der Waals surface area contributed by atoms with Crippen molar-refractivity contribution in [2.75, 3.05) is 13.2 Å². The fraction of sp³-hybridized carbons (Fsp3) is 0.935. The van der Waals surface area contributed by atoms with Crippen LogP contribution < -0.4 is 0 Å². The van der Waals surface area contributed by atoms with E-state index in [0.717, 1.165) is 63.7 Å². The molecule has 0 saturated heterocycles. The topological polar surface area (TPSA) is 52.6 Å². The molecule has 1 aliphatic rings. The summed E-state index contributed by atoms with van der Waals surface area (Å²) in [7, 11) is 0. The average Bonchev–Trinajstić information content (AvgIpc) is 2.85. The molecule has 206 valence electrons. The first-order valence-electron chi connectivity index (χ1n) is 15.3. The highest BCUT2D eigenvalue weighted by molar-refractivity contribution is 5.75. The fourth-order valence-corrected chi connectivity index (χ4v) is 5.29. The Bertz CT molecular complexity index is 522. The maximum atomic E-state index is 12.6. The van der Waals surface area contributed by atoms with Gasteiger partial charge in [0.25, 0.3) is 0 Å². The molecule has 35 heavy (non-hydrogen) atoms. The van der Waals surface area contributed by atoms with Crippen LogP contribution in [0, 0.1) is 23.7 Å². The van der Waals surface area contributed by atoms with E-state index in [0.29, 0.717) is 19.1 Å². The van der Waals surface area contributed by atoms with Gasteiger partial charge in [-0.25, -0.2) is 0 Å². The van der Waals surface area contributed by atoms with Crippen molar-refractivity contribution in [2.45, 2.75) is 150 Å². The molecule has 0 aromatic carbocycles. The third-order valence-electron chi connectivity index (χ3n) is 7.69. The molecule has 4 heteroatoms. The van der Waals surface area contributed by atoms with Crippen molar-refractivity contribution >= 4 is 11.9 Å². The Morgan fingerprint density at radius 2 is 1.14 bits per heavy atom. The molecule has 0 aromatic heterocycles. The van der Waals surface area contributed by atoms with Crippen LogP contribution in [0.4, 0.5) is 0 Å². The summed E-state index contributed by atoms with van der Waals surface area (Å²) in [6.45, 7) is 10.1. The zero-order chi connectivity index (χ0) is 25.7. The normalized spacial score (nSPS) is 19.0. The molecular weight excluding hydrogens is 436 g/mol. The van der Waals surface area contributed by atoms with Gasteiger partial charge in [-0.2, -0.15) is 0 Å². The Balaban J connectivity index is 2.07. The predicted octanol–water partition coefficient (Wildman–Crippen LogP) is 9.04. The molecule has 1 atom stereocenters. The molecule has 0 aromatic rings. The largest absolute Gasteiger partial charge is 0.465 e. The summed E-state index contributed by atoms with van der Waals surface area (Å²) >= 11 is 0. The molecule has 0 heterocycles. The minimum absolute atomic E-state index is 0.0354. The molecule has 0 radical (unpaired) electrons. The quantitative estimate of drug-likeness (QED) is 0.118. The van der Waals surface area contributed by atoms with E-state index in [1.807, 2.05) is 0 Å². The van der Waals surface area contributed by atoms with Gasteiger partial charge < -0.3 is 9.47 Å². The lowest BCUT2D eigenvalue weighted by Crippen LogP contribution is -2.29. The maximum Gasteiger partial charge on any atom is 0.308 e. The molecule has 1 fully saturated rings. The number of unbranched alkanes of at least 4 members (excludes halogenated alkanes) is 9. The summed E-state index contributed by atoms with van der Waals surface area (Å²) in [5.74, 6) is 1.15. The van der Waals surface area contributed by atoms with Gasteiger partial charge >= 0.3 is 11.9 Å². The van der Waals surface area contributed by atoms with Gasteiger partial charge in [0.1, 0.15) is 0 Å². The SMILES string of the molecule is CCCCCC(CCC)COC(=O)C1CCC(C(=O)OCCCCCCCCCCC(C)C)CC1. The molecule has 4 nitrogen and oxygen atoms in total. The molecule has 1 aliphatic carbocycles. The first kappa shape index (κ1) is 32.0. The van der Waals surface area contributed by atoms with Gasteiger partial charge in [0, 0.05) is 0 Å². The smallest absolute Gasteiger partial charge is 0.308 e. The summed E-state index contributed by atoms with van der Waals surface area (Å²) in [5, 5.41) is 0. The Morgan fingerprint density at radius 3 is 1.69 bits per heavy atom. The van der Waals surface area contributed by atoms with Crippen LogP contribution in [0.25, 0.3) is 0 Å². The third kappa shape index (κ3) is 16.3. The molecule has 1 unspecified atom stereocenters. The zero-order valence-corrected chi connectivity index (χ0v) is 23.8. The summed E-state index contributed by atoms with van der Waals surface area (Å²) in [6, 6.07) is 0. The second-order valence-corrected chi connectivity index (χ2v) is 11.5. The van der Waals surface area contributed by atoms with Crippen molar-refractivity contribution in [3.8, 4) is 0 Å². The van der Waals surface area contributed by atoms with Crippen molar-refractivity contribution in [3.63, 3.8) is 0 Å². The van der Waals surface area contributed by atoms with Crippen LogP contribution in [0.1, 0.15) is 150 Å². The van der Waals surface area contributed by atoms with Crippen LogP contribution >= 0.6 is 0 Å². The van der Waals surface area contributed by atoms with E-state index < -0.39 is 0 Å². The second-order valence-electron chi connectivity index (χ2n) is 11.5. The van der Waals surface area contributed by atoms with Crippen LogP contribution in [0.3, 0.4) is 0 Å². The fourth-order valence-electron chi connectivity index (χ4n) is 5.29. The number of carbonyl (C=O) groups is 2. The van der Waals surface area contributed by atoms with Crippen molar-refractivity contribution in [3.05, 3.63) is 0 Å². The van der Waals surface area contributed by atoms with E-state index in [2.05, 4.69) is 27.7 Å². The number of hydrogen-bond donors (Lipinski definition) is 0. The average molecular weight is 495 g/mol. The van der Waals surface area contributed by atoms with Crippen molar-refractivity contribution < 1.29 is 19.1 Å². The first-order chi connectivity index (χ1) is 17.0. The Labute approximate surface area is 217 Å². The number of esters is 2. The van der Waals surface area contributed by atoms with Crippen LogP contribution in [0.15, 0.2) is 0 Å². The third-order valence-corrected chi connectivity index (χ3v) is 7.69. The molecule has 0 bridgehead atoms. The van der Waals surface area contributed by atoms with Crippen molar-refractivity contribution in [1.29, 1.82) is 0 Å². The van der Waals surface area contributed by atoms with Gasteiger partial charge in [-0.05, 0) is 56.8 Å². The van der Waals surface area contributed by atoms with Gasteiger partial charge in [-0.1, -0.05) is 105 Å². The highest BCUT2D eigenvalue weighted by Gasteiger charge is 2.31. The van der Waals surface area contributed by atoms with Gasteiger partial charge in [-0.15, -0.1) is 0 Å². The maximum absolute atomic E-state index is 12.6. The van der Waals surface area contributed by atoms with Gasteiger partial charge in [0.2, 0.25) is 0 Å². The highest BCUT2D eigenvalue weighted by Crippen LogP contribution is 2.31. The van der Waals surface area contributed by atoms with E-state index in [1.54, 1.807) is 0 Å². The molecule has 0 N–H and O–H groups in total. The predicted molar refractivity (Wildman–Crippen MR) is 146 cm³/mol. The Kier molecular flexibility index (Phi) is 19.2. The van der Waals surface area contributed by atoms with Crippen LogP contribution in [-0.2, 0) is 19.1 Å². The standard InChI is InChI=1S/C31H58O4/c1-5-7-14-19-27(17-6-2)25-35-31(33)29-22-20-28(21-23-29)30(32)34-24-16-13-11-9-8-10-12-15-18-26(3)4/h26-29H,5-25H2,1-4H3. The van der Waals surface area contributed by atoms with E-state index in [-0.39, 0.29) is 23.8 Å². The van der Waals surface area contributed by atoms with E-state index in [9.17, 15) is 9.59 Å². The number of carbonyl (C=O) groups excluding carboxylic acids is 2. The van der Waals surface area contributed by atoms with E-state index >= 15 is 0 Å². The molecule has 1 rings (SSSR count). The summed E-state index contributed by atoms with van der Waals surface area (Å²) in [4.78, 5) is 25.0. The minimum atomic E-state index is -0.0547. The van der Waals surface area contributed by atoms with Crippen molar-refractivity contribution in [1.82, 2.24) is 0 Å². The van der Waals surface area contributed by atoms with Gasteiger partial charge in [0.05, 0.1) is 25.0 Å². The molecule has 1 saturated carbocycles. The lowest BCUT2D eigenvalue weighted by atomic mass is 9.82. The van der Waals surface area contributed by atoms with E-state index in [4.69, 9.17) is 9.47 Å². The first-order valence-corrected chi connectivity index (χ1v) is 15.3. The zero-order valence-electron chi connectivity index (χ0n) is 23.8. The second kappa shape index (κ2) is 21.1. The molecule has 0 spiro atoms. The number of rotatable bonds is 21. The highest BCUT2D eigenvalue weighted by atomic mass is 16.5. The van der Waals surface area contributed by atoms with Gasteiger partial charge in [-0.3, -0.25) is 9.59 Å². The number of ether oxygens (including phenoxy) is 2. The van der Waals surface area contributed by atoms with Crippen molar-refractivity contribution in [2.24, 2.45) is 23.7 Å². The van der Waals surface area contributed by atoms with Crippen LogP contribution in [-0.4, -0.2) is 25.2 Å². The minimum Gasteiger partial charge on any atom is -0.465 e. The lowest BCUT2D eigenvalue weighted by molar-refractivity contribution is -0.156. The summed E-state index contributed by atoms with van der Waals surface area (Å²) < 4.78 is 11.3. The Morgan fingerprint density at radius 1 is 0.629 bits per heavy atom.